The number of allylic oxidation sites excluding steroid dienone is 2. The van der Waals surface area contributed by atoms with Gasteiger partial charge in [0.25, 0.3) is 0 Å². The molecule has 0 aliphatic carbocycles. The summed E-state index contributed by atoms with van der Waals surface area (Å²) in [6.07, 6.45) is 4.28. The van der Waals surface area contributed by atoms with E-state index < -0.39 is 0 Å². The van der Waals surface area contributed by atoms with Gasteiger partial charge in [-0.2, -0.15) is 0 Å². The van der Waals surface area contributed by atoms with Crippen LogP contribution in [0, 0.1) is 11.3 Å². The molecular formula is C12H21N. The Kier molecular flexibility index (Phi) is 2.84. The SMILES string of the molecule is CC(C)C1=C(C(C)(C)C)C=CNC1. The lowest BCUT2D eigenvalue weighted by molar-refractivity contribution is 0.494. The molecule has 0 unspecified atom stereocenters. The van der Waals surface area contributed by atoms with Crippen LogP contribution in [0.3, 0.4) is 0 Å². The van der Waals surface area contributed by atoms with E-state index in [1.54, 1.807) is 5.57 Å². The van der Waals surface area contributed by atoms with Crippen LogP contribution in [-0.2, 0) is 0 Å². The summed E-state index contributed by atoms with van der Waals surface area (Å²) >= 11 is 0. The molecule has 0 atom stereocenters. The van der Waals surface area contributed by atoms with Crippen LogP contribution >= 0.6 is 0 Å². The van der Waals surface area contributed by atoms with E-state index in [2.05, 4.69) is 52.2 Å². The summed E-state index contributed by atoms with van der Waals surface area (Å²) in [6.45, 7) is 12.4. The average Bonchev–Trinajstić information content (AvgIpc) is 2.03. The number of nitrogens with one attached hydrogen (secondary N) is 1. The van der Waals surface area contributed by atoms with Gasteiger partial charge < -0.3 is 5.32 Å². The van der Waals surface area contributed by atoms with Crippen molar-refractivity contribution >= 4 is 0 Å². The minimum Gasteiger partial charge on any atom is -0.387 e. The minimum atomic E-state index is 0.276. The van der Waals surface area contributed by atoms with Gasteiger partial charge in [0.05, 0.1) is 0 Å². The zero-order chi connectivity index (χ0) is 10.1. The van der Waals surface area contributed by atoms with Gasteiger partial charge in [-0.05, 0) is 34.8 Å². The molecule has 1 aliphatic rings. The fraction of sp³-hybridized carbons (Fsp3) is 0.667. The van der Waals surface area contributed by atoms with Gasteiger partial charge in [-0.15, -0.1) is 0 Å². The Morgan fingerprint density at radius 2 is 1.92 bits per heavy atom. The number of rotatable bonds is 1. The van der Waals surface area contributed by atoms with Gasteiger partial charge in [0.1, 0.15) is 0 Å². The van der Waals surface area contributed by atoms with Crippen molar-refractivity contribution in [1.29, 1.82) is 0 Å². The Morgan fingerprint density at radius 1 is 1.31 bits per heavy atom. The molecule has 0 aromatic heterocycles. The number of hydrogen-bond acceptors (Lipinski definition) is 1. The van der Waals surface area contributed by atoms with Crippen molar-refractivity contribution in [3.8, 4) is 0 Å². The molecule has 0 spiro atoms. The molecule has 0 saturated heterocycles. The maximum Gasteiger partial charge on any atom is 0.0363 e. The van der Waals surface area contributed by atoms with Crippen molar-refractivity contribution in [3.05, 3.63) is 23.4 Å². The van der Waals surface area contributed by atoms with Gasteiger partial charge in [-0.3, -0.25) is 0 Å². The Bertz CT molecular complexity index is 238. The van der Waals surface area contributed by atoms with Crippen LogP contribution in [0.2, 0.25) is 0 Å². The van der Waals surface area contributed by atoms with E-state index in [0.29, 0.717) is 5.92 Å². The normalized spacial score (nSPS) is 18.0. The minimum absolute atomic E-state index is 0.276. The first-order valence-electron chi connectivity index (χ1n) is 5.06. The highest BCUT2D eigenvalue weighted by atomic mass is 14.8. The van der Waals surface area contributed by atoms with Gasteiger partial charge in [-0.25, -0.2) is 0 Å². The summed E-state index contributed by atoms with van der Waals surface area (Å²) in [5.74, 6) is 0.645. The molecule has 74 valence electrons. The Balaban J connectivity index is 3.05. The highest BCUT2D eigenvalue weighted by Crippen LogP contribution is 2.32. The summed E-state index contributed by atoms with van der Waals surface area (Å²) in [7, 11) is 0. The molecule has 1 N–H and O–H groups in total. The third kappa shape index (κ3) is 2.36. The molecule has 0 saturated carbocycles. The molecule has 1 nitrogen and oxygen atoms in total. The first-order chi connectivity index (χ1) is 5.93. The van der Waals surface area contributed by atoms with Crippen LogP contribution < -0.4 is 5.32 Å². The molecule has 1 heterocycles. The first kappa shape index (κ1) is 10.4. The van der Waals surface area contributed by atoms with E-state index in [9.17, 15) is 0 Å². The van der Waals surface area contributed by atoms with E-state index in [-0.39, 0.29) is 5.41 Å². The summed E-state index contributed by atoms with van der Waals surface area (Å²) in [4.78, 5) is 0. The van der Waals surface area contributed by atoms with E-state index >= 15 is 0 Å². The van der Waals surface area contributed by atoms with Gasteiger partial charge in [0.15, 0.2) is 0 Å². The lowest BCUT2D eigenvalue weighted by Gasteiger charge is -2.29. The van der Waals surface area contributed by atoms with Crippen molar-refractivity contribution in [2.45, 2.75) is 34.6 Å². The Morgan fingerprint density at radius 3 is 2.31 bits per heavy atom. The molecule has 0 aromatic carbocycles. The molecule has 1 rings (SSSR count). The summed E-state index contributed by atoms with van der Waals surface area (Å²) in [5.41, 5.74) is 3.33. The molecule has 1 heteroatoms. The summed E-state index contributed by atoms with van der Waals surface area (Å²) in [5, 5.41) is 3.28. The third-order valence-electron chi connectivity index (χ3n) is 2.51. The van der Waals surface area contributed by atoms with Crippen molar-refractivity contribution in [3.63, 3.8) is 0 Å². The molecule has 0 radical (unpaired) electrons. The smallest absolute Gasteiger partial charge is 0.0363 e. The summed E-state index contributed by atoms with van der Waals surface area (Å²) in [6, 6.07) is 0. The van der Waals surface area contributed by atoms with E-state index in [0.717, 1.165) is 6.54 Å². The maximum atomic E-state index is 3.28. The van der Waals surface area contributed by atoms with Crippen molar-refractivity contribution in [2.24, 2.45) is 11.3 Å². The van der Waals surface area contributed by atoms with Crippen LogP contribution in [0.1, 0.15) is 34.6 Å². The van der Waals surface area contributed by atoms with Gasteiger partial charge >= 0.3 is 0 Å². The monoisotopic (exact) mass is 179 g/mol. The fourth-order valence-electron chi connectivity index (χ4n) is 1.76. The molecule has 0 bridgehead atoms. The van der Waals surface area contributed by atoms with Gasteiger partial charge in [0.2, 0.25) is 0 Å². The standard InChI is InChI=1S/C12H21N/c1-9(2)10-8-13-7-6-11(10)12(3,4)5/h6-7,9,13H,8H2,1-5H3. The number of dihydropyridines is 1. The molecule has 1 aliphatic heterocycles. The summed E-state index contributed by atoms with van der Waals surface area (Å²) < 4.78 is 0. The second-order valence-electron chi connectivity index (χ2n) is 5.06. The van der Waals surface area contributed by atoms with Gasteiger partial charge in [0, 0.05) is 6.54 Å². The highest BCUT2D eigenvalue weighted by Gasteiger charge is 2.21. The predicted octanol–water partition coefficient (Wildman–Crippen LogP) is 3.10. The van der Waals surface area contributed by atoms with Crippen molar-refractivity contribution in [1.82, 2.24) is 5.32 Å². The van der Waals surface area contributed by atoms with Gasteiger partial charge in [-0.1, -0.05) is 34.6 Å². The van der Waals surface area contributed by atoms with E-state index in [1.165, 1.54) is 5.57 Å². The topological polar surface area (TPSA) is 12.0 Å². The number of hydrogen-bond donors (Lipinski definition) is 1. The Labute approximate surface area is 81.9 Å². The van der Waals surface area contributed by atoms with Crippen LogP contribution in [0.25, 0.3) is 0 Å². The average molecular weight is 179 g/mol. The fourth-order valence-corrected chi connectivity index (χ4v) is 1.76. The second kappa shape index (κ2) is 3.57. The lowest BCUT2D eigenvalue weighted by atomic mass is 9.79. The zero-order valence-electron chi connectivity index (χ0n) is 9.44. The highest BCUT2D eigenvalue weighted by molar-refractivity contribution is 5.35. The Hall–Kier alpha value is -0.720. The predicted molar refractivity (Wildman–Crippen MR) is 58.5 cm³/mol. The maximum absolute atomic E-state index is 3.28. The van der Waals surface area contributed by atoms with Crippen LogP contribution in [-0.4, -0.2) is 6.54 Å². The van der Waals surface area contributed by atoms with Crippen LogP contribution in [0.5, 0.6) is 0 Å². The second-order valence-corrected chi connectivity index (χ2v) is 5.06. The largest absolute Gasteiger partial charge is 0.387 e. The van der Waals surface area contributed by atoms with Crippen LogP contribution in [0.15, 0.2) is 23.4 Å². The zero-order valence-corrected chi connectivity index (χ0v) is 9.44. The van der Waals surface area contributed by atoms with E-state index in [1.807, 2.05) is 0 Å². The molecule has 13 heavy (non-hydrogen) atoms. The van der Waals surface area contributed by atoms with Crippen molar-refractivity contribution < 1.29 is 0 Å². The third-order valence-corrected chi connectivity index (χ3v) is 2.51. The molecule has 0 amide bonds. The quantitative estimate of drug-likeness (QED) is 0.652. The molecular weight excluding hydrogens is 158 g/mol. The van der Waals surface area contributed by atoms with Crippen LogP contribution in [0.4, 0.5) is 0 Å². The molecule has 0 aromatic rings. The molecule has 0 fully saturated rings. The van der Waals surface area contributed by atoms with Crippen molar-refractivity contribution in [2.75, 3.05) is 6.54 Å². The van der Waals surface area contributed by atoms with E-state index in [4.69, 9.17) is 0 Å². The lowest BCUT2D eigenvalue weighted by Crippen LogP contribution is -2.24. The first-order valence-corrected chi connectivity index (χ1v) is 5.06.